The van der Waals surface area contributed by atoms with E-state index >= 15 is 0 Å². The highest BCUT2D eigenvalue weighted by atomic mass is 16.7. The van der Waals surface area contributed by atoms with Gasteiger partial charge in [0.15, 0.2) is 29.5 Å². The number of fused-ring (bicyclic) bond motifs is 2. The van der Waals surface area contributed by atoms with E-state index in [1.807, 2.05) is 30.3 Å². The SMILES string of the molecule is COc1cc2c(cc1OC)C(c1ccc3c(c1)OCO3)=[N+]([O-])CC2. The van der Waals surface area contributed by atoms with Gasteiger partial charge in [-0.3, -0.25) is 0 Å². The summed E-state index contributed by atoms with van der Waals surface area (Å²) in [5.74, 6) is 2.62. The Hall–Kier alpha value is -2.89. The van der Waals surface area contributed by atoms with Crippen molar-refractivity contribution in [3.05, 3.63) is 52.2 Å². The Morgan fingerprint density at radius 3 is 2.54 bits per heavy atom. The van der Waals surface area contributed by atoms with Gasteiger partial charge >= 0.3 is 0 Å². The molecular formula is C18H17NO5. The largest absolute Gasteiger partial charge is 0.623 e. The third-order valence-corrected chi connectivity index (χ3v) is 4.34. The summed E-state index contributed by atoms with van der Waals surface area (Å²) in [6.07, 6.45) is 0.660. The zero-order valence-corrected chi connectivity index (χ0v) is 13.5. The monoisotopic (exact) mass is 327 g/mol. The van der Waals surface area contributed by atoms with Crippen LogP contribution in [0.1, 0.15) is 16.7 Å². The molecule has 0 unspecified atom stereocenters. The smallest absolute Gasteiger partial charge is 0.231 e. The number of nitrogens with zero attached hydrogens (tertiary/aromatic N) is 1. The van der Waals surface area contributed by atoms with Gasteiger partial charge in [0.25, 0.3) is 0 Å². The van der Waals surface area contributed by atoms with E-state index in [1.54, 1.807) is 14.2 Å². The van der Waals surface area contributed by atoms with Crippen molar-refractivity contribution in [1.29, 1.82) is 0 Å². The number of hydroxylamine groups is 1. The van der Waals surface area contributed by atoms with E-state index in [0.29, 0.717) is 41.7 Å². The Labute approximate surface area is 139 Å². The molecule has 124 valence electrons. The molecule has 0 aliphatic carbocycles. The van der Waals surface area contributed by atoms with E-state index in [4.69, 9.17) is 18.9 Å². The zero-order valence-electron chi connectivity index (χ0n) is 13.5. The average Bonchev–Trinajstić information content (AvgIpc) is 3.08. The molecule has 0 amide bonds. The molecule has 0 N–H and O–H groups in total. The van der Waals surface area contributed by atoms with Crippen LogP contribution >= 0.6 is 0 Å². The predicted molar refractivity (Wildman–Crippen MR) is 87.5 cm³/mol. The minimum absolute atomic E-state index is 0.205. The molecule has 0 spiro atoms. The molecule has 6 nitrogen and oxygen atoms in total. The molecule has 0 atom stereocenters. The van der Waals surface area contributed by atoms with Gasteiger partial charge in [0.05, 0.1) is 25.3 Å². The molecule has 0 bridgehead atoms. The van der Waals surface area contributed by atoms with Gasteiger partial charge in [0, 0.05) is 6.42 Å². The molecule has 6 heteroatoms. The zero-order chi connectivity index (χ0) is 16.7. The maximum absolute atomic E-state index is 12.5. The van der Waals surface area contributed by atoms with Crippen molar-refractivity contribution >= 4 is 5.71 Å². The summed E-state index contributed by atoms with van der Waals surface area (Å²) < 4.78 is 22.6. The summed E-state index contributed by atoms with van der Waals surface area (Å²) in [5, 5.41) is 12.5. The van der Waals surface area contributed by atoms with Crippen LogP contribution in [0.2, 0.25) is 0 Å². The summed E-state index contributed by atoms with van der Waals surface area (Å²) >= 11 is 0. The Morgan fingerprint density at radius 2 is 1.75 bits per heavy atom. The van der Waals surface area contributed by atoms with E-state index in [-0.39, 0.29) is 6.79 Å². The van der Waals surface area contributed by atoms with Crippen LogP contribution in [0, 0.1) is 5.21 Å². The second-order valence-corrected chi connectivity index (χ2v) is 5.63. The van der Waals surface area contributed by atoms with Gasteiger partial charge in [0.2, 0.25) is 12.5 Å². The highest BCUT2D eigenvalue weighted by Gasteiger charge is 2.28. The quantitative estimate of drug-likeness (QED) is 0.639. The van der Waals surface area contributed by atoms with Crippen molar-refractivity contribution in [3.8, 4) is 23.0 Å². The number of hydrogen-bond donors (Lipinski definition) is 0. The van der Waals surface area contributed by atoms with Gasteiger partial charge < -0.3 is 24.2 Å². The second-order valence-electron chi connectivity index (χ2n) is 5.63. The molecule has 2 heterocycles. The molecule has 4 rings (SSSR count). The minimum atomic E-state index is 0.205. The van der Waals surface area contributed by atoms with E-state index in [2.05, 4.69) is 0 Å². The lowest BCUT2D eigenvalue weighted by molar-refractivity contribution is -0.457. The summed E-state index contributed by atoms with van der Waals surface area (Å²) in [5.41, 5.74) is 3.32. The van der Waals surface area contributed by atoms with Crippen molar-refractivity contribution in [3.63, 3.8) is 0 Å². The van der Waals surface area contributed by atoms with Crippen molar-refractivity contribution in [1.82, 2.24) is 0 Å². The second kappa shape index (κ2) is 5.63. The van der Waals surface area contributed by atoms with E-state index < -0.39 is 0 Å². The fourth-order valence-corrected chi connectivity index (χ4v) is 3.16. The lowest BCUT2D eigenvalue weighted by Crippen LogP contribution is -2.27. The number of ether oxygens (including phenoxy) is 4. The number of hydrogen-bond acceptors (Lipinski definition) is 5. The first-order valence-corrected chi connectivity index (χ1v) is 7.68. The van der Waals surface area contributed by atoms with Crippen molar-refractivity contribution in [2.45, 2.75) is 6.42 Å². The normalized spacial score (nSPS) is 15.2. The number of rotatable bonds is 3. The maximum Gasteiger partial charge on any atom is 0.231 e. The van der Waals surface area contributed by atoms with E-state index in [1.165, 1.54) is 0 Å². The Balaban J connectivity index is 1.87. The van der Waals surface area contributed by atoms with Gasteiger partial charge in [0.1, 0.15) is 0 Å². The molecule has 0 radical (unpaired) electrons. The summed E-state index contributed by atoms with van der Waals surface area (Å²) in [4.78, 5) is 0. The molecular weight excluding hydrogens is 310 g/mol. The molecule has 0 saturated heterocycles. The van der Waals surface area contributed by atoms with Crippen LogP contribution in [-0.2, 0) is 6.42 Å². The standard InChI is InChI=1S/C18H17NO5/c1-21-15-7-11-5-6-19(20)18(13(11)9-16(15)22-2)12-3-4-14-17(8-12)24-10-23-14/h3-4,7-9H,5-6,10H2,1-2H3. The van der Waals surface area contributed by atoms with Gasteiger partial charge in [-0.1, -0.05) is 0 Å². The van der Waals surface area contributed by atoms with E-state index in [9.17, 15) is 5.21 Å². The van der Waals surface area contributed by atoms with Gasteiger partial charge in [-0.25, -0.2) is 4.74 Å². The molecule has 2 aromatic rings. The number of methoxy groups -OCH3 is 2. The lowest BCUT2D eigenvalue weighted by atomic mass is 9.92. The van der Waals surface area contributed by atoms with Crippen LogP contribution in [0.15, 0.2) is 30.3 Å². The van der Waals surface area contributed by atoms with E-state index in [0.717, 1.165) is 21.4 Å². The maximum atomic E-state index is 12.5. The Kier molecular flexibility index (Phi) is 3.45. The fraction of sp³-hybridized carbons (Fsp3) is 0.278. The summed E-state index contributed by atoms with van der Waals surface area (Å²) in [6, 6.07) is 9.34. The first kappa shape index (κ1) is 14.7. The van der Waals surface area contributed by atoms with Crippen molar-refractivity contribution < 1.29 is 23.7 Å². The van der Waals surface area contributed by atoms with Crippen LogP contribution in [-0.4, -0.2) is 38.0 Å². The Morgan fingerprint density at radius 1 is 1.00 bits per heavy atom. The first-order chi connectivity index (χ1) is 11.7. The van der Waals surface area contributed by atoms with Crippen molar-refractivity contribution in [2.75, 3.05) is 27.6 Å². The molecule has 0 saturated carbocycles. The first-order valence-electron chi connectivity index (χ1n) is 7.68. The topological polar surface area (TPSA) is 63.0 Å². The predicted octanol–water partition coefficient (Wildman–Crippen LogP) is 2.34. The van der Waals surface area contributed by atoms with Gasteiger partial charge in [-0.15, -0.1) is 0 Å². The molecule has 24 heavy (non-hydrogen) atoms. The Bertz CT molecular complexity index is 844. The minimum Gasteiger partial charge on any atom is -0.623 e. The molecule has 2 aromatic carbocycles. The third kappa shape index (κ3) is 2.22. The van der Waals surface area contributed by atoms with Crippen LogP contribution in [0.5, 0.6) is 23.0 Å². The average molecular weight is 327 g/mol. The van der Waals surface area contributed by atoms with Crippen LogP contribution in [0.4, 0.5) is 0 Å². The summed E-state index contributed by atoms with van der Waals surface area (Å²) in [6.45, 7) is 0.600. The van der Waals surface area contributed by atoms with Crippen LogP contribution in [0.25, 0.3) is 0 Å². The van der Waals surface area contributed by atoms with Crippen LogP contribution in [0.3, 0.4) is 0 Å². The lowest BCUT2D eigenvalue weighted by Gasteiger charge is -2.21. The van der Waals surface area contributed by atoms with Gasteiger partial charge in [-0.05, 0) is 35.9 Å². The summed E-state index contributed by atoms with van der Waals surface area (Å²) in [7, 11) is 3.19. The molecule has 0 aromatic heterocycles. The molecule has 2 aliphatic rings. The fourth-order valence-electron chi connectivity index (χ4n) is 3.16. The highest BCUT2D eigenvalue weighted by Crippen LogP contribution is 2.36. The van der Waals surface area contributed by atoms with Crippen molar-refractivity contribution in [2.24, 2.45) is 0 Å². The highest BCUT2D eigenvalue weighted by molar-refractivity contribution is 6.11. The van der Waals surface area contributed by atoms with Crippen LogP contribution < -0.4 is 18.9 Å². The van der Waals surface area contributed by atoms with Gasteiger partial charge in [-0.2, -0.15) is 0 Å². The molecule has 0 fully saturated rings. The third-order valence-electron chi connectivity index (χ3n) is 4.34. The number of benzene rings is 2. The molecule has 2 aliphatic heterocycles.